The number of amides is 1. The van der Waals surface area contributed by atoms with Crippen LogP contribution in [0.25, 0.3) is 22.9 Å². The van der Waals surface area contributed by atoms with Gasteiger partial charge < -0.3 is 5.32 Å². The van der Waals surface area contributed by atoms with E-state index in [9.17, 15) is 9.59 Å². The molecule has 0 aliphatic carbocycles. The SMILES string of the molecule is O=C(Nc1cccc(/C=C/c2ccccn2)c1)c1n[nH]c(=O)c2ccccc12. The number of rotatable bonds is 4. The Labute approximate surface area is 160 Å². The predicted molar refractivity (Wildman–Crippen MR) is 110 cm³/mol. The largest absolute Gasteiger partial charge is 0.321 e. The number of hydrogen-bond donors (Lipinski definition) is 2. The number of pyridine rings is 1. The number of carbonyl (C=O) groups excluding carboxylic acids is 1. The van der Waals surface area contributed by atoms with E-state index in [0.29, 0.717) is 16.5 Å². The summed E-state index contributed by atoms with van der Waals surface area (Å²) in [6, 6.07) is 20.0. The van der Waals surface area contributed by atoms with E-state index in [4.69, 9.17) is 0 Å². The lowest BCUT2D eigenvalue weighted by Gasteiger charge is -2.07. The number of nitrogens with zero attached hydrogens (tertiary/aromatic N) is 2. The molecule has 6 heteroatoms. The lowest BCUT2D eigenvalue weighted by molar-refractivity contribution is 0.102. The van der Waals surface area contributed by atoms with Gasteiger partial charge >= 0.3 is 0 Å². The van der Waals surface area contributed by atoms with E-state index in [0.717, 1.165) is 11.3 Å². The van der Waals surface area contributed by atoms with E-state index in [1.54, 1.807) is 36.5 Å². The molecule has 136 valence electrons. The molecule has 0 radical (unpaired) electrons. The van der Waals surface area contributed by atoms with Gasteiger partial charge in [-0.15, -0.1) is 0 Å². The summed E-state index contributed by atoms with van der Waals surface area (Å²) in [6.07, 6.45) is 5.56. The van der Waals surface area contributed by atoms with Gasteiger partial charge in [-0.1, -0.05) is 42.5 Å². The van der Waals surface area contributed by atoms with Crippen LogP contribution in [0, 0.1) is 0 Å². The zero-order chi connectivity index (χ0) is 19.3. The topological polar surface area (TPSA) is 87.7 Å². The van der Waals surface area contributed by atoms with E-state index in [2.05, 4.69) is 20.5 Å². The predicted octanol–water partition coefficient (Wildman–Crippen LogP) is 3.74. The summed E-state index contributed by atoms with van der Waals surface area (Å²) in [7, 11) is 0. The van der Waals surface area contributed by atoms with Crippen LogP contribution in [0.4, 0.5) is 5.69 Å². The van der Waals surface area contributed by atoms with E-state index < -0.39 is 5.91 Å². The van der Waals surface area contributed by atoms with Crippen molar-refractivity contribution in [1.82, 2.24) is 15.2 Å². The van der Waals surface area contributed by atoms with Gasteiger partial charge in [-0.3, -0.25) is 14.6 Å². The van der Waals surface area contributed by atoms with Crippen molar-refractivity contribution in [1.29, 1.82) is 0 Å². The molecule has 2 aromatic carbocycles. The first kappa shape index (κ1) is 17.4. The molecule has 0 unspecified atom stereocenters. The number of aromatic nitrogens is 3. The first-order valence-electron chi connectivity index (χ1n) is 8.69. The Kier molecular flexibility index (Phi) is 4.76. The summed E-state index contributed by atoms with van der Waals surface area (Å²) >= 11 is 0. The number of benzene rings is 2. The molecule has 28 heavy (non-hydrogen) atoms. The number of carbonyl (C=O) groups is 1. The number of hydrogen-bond acceptors (Lipinski definition) is 4. The van der Waals surface area contributed by atoms with Crippen LogP contribution in [-0.2, 0) is 0 Å². The molecule has 4 rings (SSSR count). The Balaban J connectivity index is 1.58. The molecule has 0 spiro atoms. The molecule has 0 aliphatic rings. The van der Waals surface area contributed by atoms with Gasteiger partial charge in [0.1, 0.15) is 0 Å². The van der Waals surface area contributed by atoms with Gasteiger partial charge in [0.25, 0.3) is 11.5 Å². The van der Waals surface area contributed by atoms with E-state index >= 15 is 0 Å². The maximum atomic E-state index is 12.7. The van der Waals surface area contributed by atoms with Crippen molar-refractivity contribution in [3.05, 3.63) is 100 Å². The smallest absolute Gasteiger partial charge is 0.276 e. The highest BCUT2D eigenvalue weighted by Crippen LogP contribution is 2.17. The Bertz CT molecular complexity index is 1230. The molecule has 2 N–H and O–H groups in total. The van der Waals surface area contributed by atoms with Crippen molar-refractivity contribution in [3.8, 4) is 0 Å². The highest BCUT2D eigenvalue weighted by molar-refractivity contribution is 6.11. The van der Waals surface area contributed by atoms with Crippen molar-refractivity contribution in [2.75, 3.05) is 5.32 Å². The first-order chi connectivity index (χ1) is 13.7. The maximum absolute atomic E-state index is 12.7. The van der Waals surface area contributed by atoms with Gasteiger partial charge in [-0.2, -0.15) is 5.10 Å². The number of aromatic amines is 1. The Hall–Kier alpha value is -4.06. The van der Waals surface area contributed by atoms with Crippen molar-refractivity contribution < 1.29 is 4.79 Å². The molecule has 0 aliphatic heterocycles. The van der Waals surface area contributed by atoms with Gasteiger partial charge in [0, 0.05) is 17.3 Å². The fourth-order valence-corrected chi connectivity index (χ4v) is 2.85. The van der Waals surface area contributed by atoms with Crippen LogP contribution < -0.4 is 10.9 Å². The van der Waals surface area contributed by atoms with Crippen LogP contribution in [0.2, 0.25) is 0 Å². The monoisotopic (exact) mass is 368 g/mol. The second kappa shape index (κ2) is 7.67. The summed E-state index contributed by atoms with van der Waals surface area (Å²) in [4.78, 5) is 28.8. The molecule has 2 heterocycles. The molecular formula is C22H16N4O2. The van der Waals surface area contributed by atoms with Gasteiger partial charge in [0.05, 0.1) is 11.1 Å². The van der Waals surface area contributed by atoms with Crippen molar-refractivity contribution in [3.63, 3.8) is 0 Å². The summed E-state index contributed by atoms with van der Waals surface area (Å²) in [5, 5.41) is 10.1. The van der Waals surface area contributed by atoms with Crippen LogP contribution in [0.1, 0.15) is 21.7 Å². The average molecular weight is 368 g/mol. The second-order valence-electron chi connectivity index (χ2n) is 6.11. The van der Waals surface area contributed by atoms with Crippen LogP contribution in [0.3, 0.4) is 0 Å². The van der Waals surface area contributed by atoms with E-state index in [1.165, 1.54) is 0 Å². The third-order valence-electron chi connectivity index (χ3n) is 4.19. The van der Waals surface area contributed by atoms with Crippen molar-refractivity contribution >= 4 is 34.5 Å². The number of anilines is 1. The summed E-state index contributed by atoms with van der Waals surface area (Å²) < 4.78 is 0. The van der Waals surface area contributed by atoms with Gasteiger partial charge in [0.15, 0.2) is 5.69 Å². The zero-order valence-corrected chi connectivity index (χ0v) is 14.8. The van der Waals surface area contributed by atoms with Gasteiger partial charge in [-0.25, -0.2) is 5.10 Å². The lowest BCUT2D eigenvalue weighted by atomic mass is 10.1. The second-order valence-corrected chi connectivity index (χ2v) is 6.11. The molecule has 1 amide bonds. The van der Waals surface area contributed by atoms with Gasteiger partial charge in [-0.05, 0) is 42.0 Å². The first-order valence-corrected chi connectivity index (χ1v) is 8.69. The zero-order valence-electron chi connectivity index (χ0n) is 14.8. The molecule has 2 aromatic heterocycles. The van der Waals surface area contributed by atoms with Crippen LogP contribution >= 0.6 is 0 Å². The highest BCUT2D eigenvalue weighted by Gasteiger charge is 2.14. The number of nitrogens with one attached hydrogen (secondary N) is 2. The molecular weight excluding hydrogens is 352 g/mol. The maximum Gasteiger partial charge on any atom is 0.276 e. The quantitative estimate of drug-likeness (QED) is 0.574. The summed E-state index contributed by atoms with van der Waals surface area (Å²) in [5.74, 6) is -0.390. The third kappa shape index (κ3) is 3.71. The molecule has 6 nitrogen and oxygen atoms in total. The molecule has 0 fully saturated rings. The van der Waals surface area contributed by atoms with E-state index in [1.807, 2.05) is 48.6 Å². The van der Waals surface area contributed by atoms with Crippen LogP contribution in [0.15, 0.2) is 77.7 Å². The van der Waals surface area contributed by atoms with Crippen LogP contribution in [-0.4, -0.2) is 21.1 Å². The highest BCUT2D eigenvalue weighted by atomic mass is 16.2. The van der Waals surface area contributed by atoms with Crippen LogP contribution in [0.5, 0.6) is 0 Å². The Morgan fingerprint density at radius 2 is 1.75 bits per heavy atom. The molecule has 0 saturated carbocycles. The minimum absolute atomic E-state index is 0.171. The van der Waals surface area contributed by atoms with E-state index in [-0.39, 0.29) is 11.3 Å². The average Bonchev–Trinajstić information content (AvgIpc) is 2.74. The molecule has 4 aromatic rings. The summed E-state index contributed by atoms with van der Waals surface area (Å²) in [6.45, 7) is 0. The normalized spacial score (nSPS) is 11.0. The Morgan fingerprint density at radius 3 is 2.57 bits per heavy atom. The fourth-order valence-electron chi connectivity index (χ4n) is 2.85. The fraction of sp³-hybridized carbons (Fsp3) is 0. The summed E-state index contributed by atoms with van der Waals surface area (Å²) in [5.41, 5.74) is 2.24. The number of H-pyrrole nitrogens is 1. The lowest BCUT2D eigenvalue weighted by Crippen LogP contribution is -2.19. The Morgan fingerprint density at radius 1 is 0.929 bits per heavy atom. The molecule has 0 atom stereocenters. The van der Waals surface area contributed by atoms with Gasteiger partial charge in [0.2, 0.25) is 0 Å². The molecule has 0 bridgehead atoms. The van der Waals surface area contributed by atoms with Crippen molar-refractivity contribution in [2.45, 2.75) is 0 Å². The number of fused-ring (bicyclic) bond motifs is 1. The standard InChI is InChI=1S/C22H16N4O2/c27-21-19-10-2-1-9-18(19)20(25-26-21)22(28)24-17-8-5-6-15(14-17)11-12-16-7-3-4-13-23-16/h1-14H,(H,24,28)(H,26,27)/b12-11+. The van der Waals surface area contributed by atoms with Crippen molar-refractivity contribution in [2.24, 2.45) is 0 Å². The third-order valence-corrected chi connectivity index (χ3v) is 4.19. The molecule has 0 saturated heterocycles. The minimum atomic E-state index is -0.390. The minimum Gasteiger partial charge on any atom is -0.321 e.